The predicted octanol–water partition coefficient (Wildman–Crippen LogP) is 6.07. The summed E-state index contributed by atoms with van der Waals surface area (Å²) in [5, 5.41) is 9.77. The van der Waals surface area contributed by atoms with E-state index in [-0.39, 0.29) is 29.2 Å². The van der Waals surface area contributed by atoms with Gasteiger partial charge in [-0.2, -0.15) is 0 Å². The minimum Gasteiger partial charge on any atom is -0.349 e. The molecule has 46 heavy (non-hydrogen) atoms. The van der Waals surface area contributed by atoms with Crippen LogP contribution >= 0.6 is 11.3 Å². The first-order valence-corrected chi connectivity index (χ1v) is 16.8. The van der Waals surface area contributed by atoms with Gasteiger partial charge < -0.3 is 25.4 Å². The number of hydrogen-bond donors (Lipinski definition) is 3. The van der Waals surface area contributed by atoms with Crippen LogP contribution < -0.4 is 21.5 Å². The third-order valence-corrected chi connectivity index (χ3v) is 9.37. The van der Waals surface area contributed by atoms with Crippen molar-refractivity contribution in [1.82, 2.24) is 19.8 Å². The smallest absolute Gasteiger partial charge is 0.293 e. The van der Waals surface area contributed by atoms with Gasteiger partial charge in [-0.05, 0) is 85.2 Å². The van der Waals surface area contributed by atoms with Gasteiger partial charge in [0, 0.05) is 62.5 Å². The zero-order chi connectivity index (χ0) is 32.8. The summed E-state index contributed by atoms with van der Waals surface area (Å²) in [6.45, 7) is 5.07. The first kappa shape index (κ1) is 33.1. The van der Waals surface area contributed by atoms with E-state index in [1.807, 2.05) is 54.6 Å². The van der Waals surface area contributed by atoms with Gasteiger partial charge in [0.2, 0.25) is 5.91 Å². The zero-order valence-electron chi connectivity index (χ0n) is 27.4. The highest BCUT2D eigenvalue weighted by atomic mass is 32.1. The second kappa shape index (κ2) is 14.9. The average molecular weight is 641 g/mol. The van der Waals surface area contributed by atoms with Crippen LogP contribution in [0.5, 0.6) is 0 Å². The van der Waals surface area contributed by atoms with Crippen LogP contribution in [0.25, 0.3) is 0 Å². The fourth-order valence-corrected chi connectivity index (χ4v) is 6.73. The first-order chi connectivity index (χ1) is 22.0. The quantitative estimate of drug-likeness (QED) is 0.174. The number of anilines is 3. The monoisotopic (exact) mass is 640 g/mol. The van der Waals surface area contributed by atoms with Gasteiger partial charge in [-0.3, -0.25) is 14.4 Å². The zero-order valence-corrected chi connectivity index (χ0v) is 28.2. The van der Waals surface area contributed by atoms with E-state index in [0.29, 0.717) is 18.8 Å². The molecule has 0 radical (unpaired) electrons. The number of rotatable bonds is 12. The number of hydrogen-bond acceptors (Lipinski definition) is 7. The largest absolute Gasteiger partial charge is 0.349 e. The summed E-state index contributed by atoms with van der Waals surface area (Å²) in [7, 11) is 5.25. The Labute approximate surface area is 275 Å². The van der Waals surface area contributed by atoms with Crippen molar-refractivity contribution in [3.05, 3.63) is 103 Å². The van der Waals surface area contributed by atoms with Crippen molar-refractivity contribution >= 4 is 40.3 Å². The third kappa shape index (κ3) is 8.50. The van der Waals surface area contributed by atoms with Gasteiger partial charge in [0.05, 0.1) is 10.6 Å². The molecule has 0 spiro atoms. The highest BCUT2D eigenvalue weighted by molar-refractivity contribution is 7.14. The number of nitrogens with zero attached hydrogens (tertiary/aromatic N) is 3. The van der Waals surface area contributed by atoms with E-state index in [2.05, 4.69) is 34.8 Å². The number of fused-ring (bicyclic) bond motifs is 1. The molecule has 2 heterocycles. The Morgan fingerprint density at radius 3 is 2.50 bits per heavy atom. The van der Waals surface area contributed by atoms with E-state index in [4.69, 9.17) is 0 Å². The standard InChI is InChI=1S/C36H44N6O3S/c1-23(2)21-37-30(20-33(43)41(3)4)25-13-15-27(16-14-25)38-34-36(45)42(5)22-29(39-34)18-24-9-8-11-28(17-24)40-35(44)32-19-26-10-6-7-12-31(26)46-32/h8-9,11,13-17,19,22-23,30,37H,6-7,10,12,18,20-21H2,1-5H3,(H,38,39)(H,40,44). The molecular formula is C36H44N6O3S. The third-order valence-electron chi connectivity index (χ3n) is 8.14. The van der Waals surface area contributed by atoms with Crippen LogP contribution in [0.15, 0.2) is 65.6 Å². The molecule has 1 aliphatic carbocycles. The van der Waals surface area contributed by atoms with Crippen molar-refractivity contribution in [2.45, 2.75) is 58.4 Å². The fraction of sp³-hybridized carbons (Fsp3) is 0.389. The van der Waals surface area contributed by atoms with Crippen LogP contribution in [0.2, 0.25) is 0 Å². The van der Waals surface area contributed by atoms with Crippen LogP contribution in [-0.2, 0) is 31.1 Å². The van der Waals surface area contributed by atoms with E-state index < -0.39 is 0 Å². The highest BCUT2D eigenvalue weighted by Crippen LogP contribution is 2.30. The molecule has 10 heteroatoms. The van der Waals surface area contributed by atoms with Crippen molar-refractivity contribution in [3.63, 3.8) is 0 Å². The average Bonchev–Trinajstić information content (AvgIpc) is 3.47. The second-order valence-electron chi connectivity index (χ2n) is 12.7. The lowest BCUT2D eigenvalue weighted by atomic mass is 9.99. The molecule has 242 valence electrons. The SMILES string of the molecule is CC(C)CNC(CC(=O)N(C)C)c1ccc(Nc2nc(Cc3cccc(NC(=O)c4cc5c(s4)CCCC5)c3)cn(C)c2=O)cc1. The molecule has 5 rings (SSSR count). The summed E-state index contributed by atoms with van der Waals surface area (Å²) in [5.74, 6) is 0.656. The molecule has 0 saturated carbocycles. The van der Waals surface area contributed by atoms with E-state index in [1.165, 1.54) is 27.8 Å². The van der Waals surface area contributed by atoms with Gasteiger partial charge in [0.25, 0.3) is 11.5 Å². The molecule has 4 aromatic rings. The summed E-state index contributed by atoms with van der Waals surface area (Å²) in [5.41, 5.74) is 5.23. The van der Waals surface area contributed by atoms with Crippen LogP contribution in [0.4, 0.5) is 17.2 Å². The molecule has 0 fully saturated rings. The van der Waals surface area contributed by atoms with Crippen molar-refractivity contribution < 1.29 is 9.59 Å². The van der Waals surface area contributed by atoms with Gasteiger partial charge in [-0.25, -0.2) is 4.98 Å². The molecule has 2 amide bonds. The molecule has 2 aromatic carbocycles. The van der Waals surface area contributed by atoms with Crippen molar-refractivity contribution in [2.75, 3.05) is 31.3 Å². The van der Waals surface area contributed by atoms with Crippen molar-refractivity contribution in [1.29, 1.82) is 0 Å². The maximum Gasteiger partial charge on any atom is 0.293 e. The molecule has 1 atom stereocenters. The lowest BCUT2D eigenvalue weighted by Crippen LogP contribution is -2.31. The second-order valence-corrected chi connectivity index (χ2v) is 13.8. The van der Waals surface area contributed by atoms with Crippen molar-refractivity contribution in [2.24, 2.45) is 13.0 Å². The van der Waals surface area contributed by atoms with Gasteiger partial charge >= 0.3 is 0 Å². The van der Waals surface area contributed by atoms with Crippen LogP contribution in [0.1, 0.15) is 76.1 Å². The molecular weight excluding hydrogens is 597 g/mol. The summed E-state index contributed by atoms with van der Waals surface area (Å²) >= 11 is 1.60. The predicted molar refractivity (Wildman–Crippen MR) is 186 cm³/mol. The number of thiophene rings is 1. The number of aromatic nitrogens is 2. The summed E-state index contributed by atoms with van der Waals surface area (Å²) in [6, 6.07) is 17.4. The number of carbonyl (C=O) groups is 2. The van der Waals surface area contributed by atoms with E-state index >= 15 is 0 Å². The molecule has 0 bridgehead atoms. The summed E-state index contributed by atoms with van der Waals surface area (Å²) in [6.07, 6.45) is 7.08. The number of amides is 2. The molecule has 9 nitrogen and oxygen atoms in total. The number of aryl methyl sites for hydroxylation is 3. The van der Waals surface area contributed by atoms with E-state index in [0.717, 1.165) is 52.5 Å². The van der Waals surface area contributed by atoms with Crippen LogP contribution in [0.3, 0.4) is 0 Å². The van der Waals surface area contributed by atoms with Crippen molar-refractivity contribution in [3.8, 4) is 0 Å². The molecule has 1 unspecified atom stereocenters. The Morgan fingerprint density at radius 1 is 1.02 bits per heavy atom. The number of nitrogens with one attached hydrogen (secondary N) is 3. The van der Waals surface area contributed by atoms with E-state index in [1.54, 1.807) is 43.6 Å². The Bertz CT molecular complexity index is 1720. The number of carbonyl (C=O) groups excluding carboxylic acids is 2. The highest BCUT2D eigenvalue weighted by Gasteiger charge is 2.19. The van der Waals surface area contributed by atoms with Gasteiger partial charge in [-0.15, -0.1) is 11.3 Å². The Morgan fingerprint density at radius 2 is 1.78 bits per heavy atom. The Balaban J connectivity index is 1.27. The summed E-state index contributed by atoms with van der Waals surface area (Å²) < 4.78 is 1.53. The Kier molecular flexibility index (Phi) is 10.7. The fourth-order valence-electron chi connectivity index (χ4n) is 5.58. The van der Waals surface area contributed by atoms with Crippen LogP contribution in [-0.4, -0.2) is 46.9 Å². The maximum absolute atomic E-state index is 13.0. The number of benzene rings is 2. The molecule has 3 N–H and O–H groups in total. The first-order valence-electron chi connectivity index (χ1n) is 15.9. The lowest BCUT2D eigenvalue weighted by Gasteiger charge is -2.22. The van der Waals surface area contributed by atoms with Crippen LogP contribution in [0, 0.1) is 5.92 Å². The summed E-state index contributed by atoms with van der Waals surface area (Å²) in [4.78, 5) is 46.9. The van der Waals surface area contributed by atoms with Gasteiger partial charge in [0.1, 0.15) is 0 Å². The minimum atomic E-state index is -0.236. The van der Waals surface area contributed by atoms with Gasteiger partial charge in [-0.1, -0.05) is 38.1 Å². The maximum atomic E-state index is 13.0. The minimum absolute atomic E-state index is 0.0572. The molecule has 0 aliphatic heterocycles. The Hall–Kier alpha value is -4.28. The lowest BCUT2D eigenvalue weighted by molar-refractivity contribution is -0.129. The van der Waals surface area contributed by atoms with E-state index in [9.17, 15) is 14.4 Å². The topological polar surface area (TPSA) is 108 Å². The molecule has 1 aliphatic rings. The molecule has 2 aromatic heterocycles. The normalized spacial score (nSPS) is 13.3. The molecule has 0 saturated heterocycles. The van der Waals surface area contributed by atoms with Gasteiger partial charge in [0.15, 0.2) is 5.82 Å².